The number of esters is 1. The van der Waals surface area contributed by atoms with Crippen molar-refractivity contribution in [2.24, 2.45) is 0 Å². The average Bonchev–Trinajstić information content (AvgIpc) is 3.26. The van der Waals surface area contributed by atoms with Gasteiger partial charge in [0.25, 0.3) is 5.91 Å². The molecule has 1 amide bonds. The fourth-order valence-corrected chi connectivity index (χ4v) is 4.79. The molecule has 1 fully saturated rings. The molecule has 8 nitrogen and oxygen atoms in total. The number of nitrogens with one attached hydrogen (secondary N) is 1. The van der Waals surface area contributed by atoms with E-state index in [2.05, 4.69) is 10.3 Å². The topological polar surface area (TPSA) is 106 Å². The van der Waals surface area contributed by atoms with Crippen LogP contribution in [0.2, 0.25) is 10.0 Å². The molecule has 0 radical (unpaired) electrons. The highest BCUT2D eigenvalue weighted by molar-refractivity contribution is 7.89. The van der Waals surface area contributed by atoms with E-state index in [1.807, 2.05) is 0 Å². The number of anilines is 1. The molecular weight excluding hydrogens is 453 g/mol. The van der Waals surface area contributed by atoms with Crippen LogP contribution in [0.4, 0.5) is 5.82 Å². The van der Waals surface area contributed by atoms with E-state index in [4.69, 9.17) is 27.9 Å². The minimum absolute atomic E-state index is 0.107. The number of nitrogens with zero attached hydrogens (tertiary/aromatic N) is 2. The number of hydrogen-bond acceptors (Lipinski definition) is 6. The second-order valence-corrected chi connectivity index (χ2v) is 9.40. The normalized spacial score (nSPS) is 14.5. The van der Waals surface area contributed by atoms with Gasteiger partial charge in [-0.2, -0.15) is 4.31 Å². The molecule has 0 unspecified atom stereocenters. The first-order chi connectivity index (χ1) is 14.2. The largest absolute Gasteiger partial charge is 0.452 e. The highest BCUT2D eigenvalue weighted by Gasteiger charge is 2.27. The second-order valence-electron chi connectivity index (χ2n) is 6.65. The van der Waals surface area contributed by atoms with E-state index < -0.39 is 28.5 Å². The van der Waals surface area contributed by atoms with Crippen molar-refractivity contribution < 1.29 is 22.7 Å². The zero-order chi connectivity index (χ0) is 21.9. The highest BCUT2D eigenvalue weighted by Crippen LogP contribution is 2.25. The van der Waals surface area contributed by atoms with Crippen molar-refractivity contribution in [3.8, 4) is 0 Å². The molecule has 0 saturated carbocycles. The molecule has 0 atom stereocenters. The summed E-state index contributed by atoms with van der Waals surface area (Å²) in [5.41, 5.74) is 0.610. The van der Waals surface area contributed by atoms with Gasteiger partial charge in [-0.15, -0.1) is 0 Å². The van der Waals surface area contributed by atoms with Crippen LogP contribution in [-0.4, -0.2) is 49.3 Å². The molecular formula is C19H19Cl2N3O5S. The lowest BCUT2D eigenvalue weighted by molar-refractivity contribution is -0.119. The van der Waals surface area contributed by atoms with Crippen LogP contribution in [0.3, 0.4) is 0 Å². The van der Waals surface area contributed by atoms with Crippen molar-refractivity contribution in [1.29, 1.82) is 0 Å². The Hall–Kier alpha value is -2.20. The van der Waals surface area contributed by atoms with Crippen LogP contribution in [-0.2, 0) is 19.6 Å². The maximum absolute atomic E-state index is 12.5. The van der Waals surface area contributed by atoms with Crippen LogP contribution in [0.25, 0.3) is 0 Å². The number of sulfonamides is 1. The Kier molecular flexibility index (Phi) is 6.97. The van der Waals surface area contributed by atoms with Gasteiger partial charge in [0.05, 0.1) is 26.2 Å². The summed E-state index contributed by atoms with van der Waals surface area (Å²) in [7, 11) is -3.56. The van der Waals surface area contributed by atoms with Gasteiger partial charge in [0.15, 0.2) is 12.4 Å². The Morgan fingerprint density at radius 2 is 1.77 bits per heavy atom. The molecule has 1 aromatic heterocycles. The molecule has 11 heteroatoms. The van der Waals surface area contributed by atoms with Gasteiger partial charge < -0.3 is 10.1 Å². The van der Waals surface area contributed by atoms with Crippen LogP contribution in [0.5, 0.6) is 0 Å². The lowest BCUT2D eigenvalue weighted by atomic mass is 10.2. The van der Waals surface area contributed by atoms with E-state index >= 15 is 0 Å². The quantitative estimate of drug-likeness (QED) is 0.647. The number of aromatic nitrogens is 1. The molecule has 0 spiro atoms. The van der Waals surface area contributed by atoms with Crippen molar-refractivity contribution >= 4 is 50.9 Å². The fraction of sp³-hybridized carbons (Fsp3) is 0.316. The number of carbonyl (C=O) groups excluding carboxylic acids is 2. The van der Waals surface area contributed by atoms with Crippen molar-refractivity contribution in [2.75, 3.05) is 25.0 Å². The standard InChI is InChI=1S/C19H19Cl2N3O5S/c1-12-15(20)10-16(21)18(22-12)23-17(25)11-29-19(26)13-4-6-14(7-5-13)30(27,28)24-8-2-3-9-24/h4-7,10H,2-3,8-9,11H2,1H3,(H,22,23,25). The number of pyridine rings is 1. The number of aryl methyl sites for hydroxylation is 1. The van der Waals surface area contributed by atoms with Crippen LogP contribution in [0, 0.1) is 6.92 Å². The highest BCUT2D eigenvalue weighted by atomic mass is 35.5. The first-order valence-corrected chi connectivity index (χ1v) is 11.3. The second kappa shape index (κ2) is 9.30. The summed E-state index contributed by atoms with van der Waals surface area (Å²) in [5.74, 6) is -1.29. The van der Waals surface area contributed by atoms with Crippen molar-refractivity contribution in [3.05, 3.63) is 51.6 Å². The van der Waals surface area contributed by atoms with E-state index in [0.29, 0.717) is 23.8 Å². The lowest BCUT2D eigenvalue weighted by Crippen LogP contribution is -2.27. The smallest absolute Gasteiger partial charge is 0.338 e. The van der Waals surface area contributed by atoms with Gasteiger partial charge in [-0.25, -0.2) is 18.2 Å². The first-order valence-electron chi connectivity index (χ1n) is 9.08. The number of ether oxygens (including phenoxy) is 1. The molecule has 1 N–H and O–H groups in total. The number of rotatable bonds is 6. The van der Waals surface area contributed by atoms with Crippen LogP contribution in [0.1, 0.15) is 28.9 Å². The molecule has 3 rings (SSSR count). The number of amides is 1. The third-order valence-corrected chi connectivity index (χ3v) is 7.07. The predicted octanol–water partition coefficient (Wildman–Crippen LogP) is 3.28. The summed E-state index contributed by atoms with van der Waals surface area (Å²) < 4.78 is 31.4. The number of benzene rings is 1. The molecule has 0 bridgehead atoms. The Morgan fingerprint density at radius 3 is 2.40 bits per heavy atom. The molecule has 30 heavy (non-hydrogen) atoms. The molecule has 0 aliphatic carbocycles. The molecule has 1 aliphatic rings. The first kappa shape index (κ1) is 22.5. The van der Waals surface area contributed by atoms with Gasteiger partial charge in [0.2, 0.25) is 10.0 Å². The summed E-state index contributed by atoms with van der Waals surface area (Å²) in [6.07, 6.45) is 1.67. The Balaban J connectivity index is 1.58. The number of hydrogen-bond donors (Lipinski definition) is 1. The predicted molar refractivity (Wildman–Crippen MR) is 112 cm³/mol. The summed E-state index contributed by atoms with van der Waals surface area (Å²) in [5, 5.41) is 2.96. The third kappa shape index (κ3) is 5.10. The van der Waals surface area contributed by atoms with Gasteiger partial charge in [-0.1, -0.05) is 23.2 Å². The molecule has 1 aliphatic heterocycles. The van der Waals surface area contributed by atoms with Crippen molar-refractivity contribution in [1.82, 2.24) is 9.29 Å². The summed E-state index contributed by atoms with van der Waals surface area (Å²) >= 11 is 11.9. The van der Waals surface area contributed by atoms with E-state index in [0.717, 1.165) is 12.8 Å². The van der Waals surface area contributed by atoms with Crippen LogP contribution >= 0.6 is 23.2 Å². The van der Waals surface area contributed by atoms with Gasteiger partial charge in [0.1, 0.15) is 0 Å². The zero-order valence-corrected chi connectivity index (χ0v) is 18.4. The Labute approximate surface area is 184 Å². The number of halogens is 2. The third-order valence-electron chi connectivity index (χ3n) is 4.49. The van der Waals surface area contributed by atoms with E-state index in [1.165, 1.54) is 34.6 Å². The molecule has 1 aromatic carbocycles. The van der Waals surface area contributed by atoms with Crippen LogP contribution < -0.4 is 5.32 Å². The lowest BCUT2D eigenvalue weighted by Gasteiger charge is -2.15. The van der Waals surface area contributed by atoms with Gasteiger partial charge in [0, 0.05) is 13.1 Å². The maximum atomic E-state index is 12.5. The summed E-state index contributed by atoms with van der Waals surface area (Å²) in [6.45, 7) is 2.08. The van der Waals surface area contributed by atoms with E-state index in [1.54, 1.807) is 6.92 Å². The number of carbonyl (C=O) groups is 2. The maximum Gasteiger partial charge on any atom is 0.338 e. The molecule has 2 heterocycles. The minimum Gasteiger partial charge on any atom is -0.452 e. The van der Waals surface area contributed by atoms with Gasteiger partial charge in [-0.3, -0.25) is 4.79 Å². The fourth-order valence-electron chi connectivity index (χ4n) is 2.87. The zero-order valence-electron chi connectivity index (χ0n) is 16.0. The molecule has 1 saturated heterocycles. The molecule has 160 valence electrons. The Morgan fingerprint density at radius 1 is 1.13 bits per heavy atom. The SMILES string of the molecule is Cc1nc(NC(=O)COC(=O)c2ccc(S(=O)(=O)N3CCCC3)cc2)c(Cl)cc1Cl. The van der Waals surface area contributed by atoms with Crippen LogP contribution in [0.15, 0.2) is 35.2 Å². The van der Waals surface area contributed by atoms with Gasteiger partial charge in [-0.05, 0) is 50.1 Å². The van der Waals surface area contributed by atoms with E-state index in [-0.39, 0.29) is 21.3 Å². The average molecular weight is 472 g/mol. The van der Waals surface area contributed by atoms with Crippen molar-refractivity contribution in [3.63, 3.8) is 0 Å². The summed E-state index contributed by atoms with van der Waals surface area (Å²) in [6, 6.07) is 6.86. The van der Waals surface area contributed by atoms with Gasteiger partial charge >= 0.3 is 5.97 Å². The Bertz CT molecular complexity index is 1070. The van der Waals surface area contributed by atoms with Crippen molar-refractivity contribution in [2.45, 2.75) is 24.7 Å². The molecule has 2 aromatic rings. The minimum atomic E-state index is -3.56. The summed E-state index contributed by atoms with van der Waals surface area (Å²) in [4.78, 5) is 28.4. The van der Waals surface area contributed by atoms with E-state index in [9.17, 15) is 18.0 Å². The monoisotopic (exact) mass is 471 g/mol.